The minimum atomic E-state index is -0.233. The summed E-state index contributed by atoms with van der Waals surface area (Å²) in [7, 11) is 0. The van der Waals surface area contributed by atoms with Crippen LogP contribution in [0.15, 0.2) is 51.7 Å². The summed E-state index contributed by atoms with van der Waals surface area (Å²) in [4.78, 5) is 15.1. The molecule has 1 aliphatic carbocycles. The number of rotatable bonds is 5. The van der Waals surface area contributed by atoms with Crippen molar-refractivity contribution in [2.45, 2.75) is 57.7 Å². The molecule has 0 unspecified atom stereocenters. The number of aromatic hydroxyl groups is 1. The molecule has 5 rings (SSSR count). The highest BCUT2D eigenvalue weighted by Crippen LogP contribution is 2.32. The van der Waals surface area contributed by atoms with Gasteiger partial charge in [-0.2, -0.15) is 0 Å². The minimum Gasteiger partial charge on any atom is -0.507 e. The molecule has 3 aromatic rings. The molecule has 2 aliphatic rings. The zero-order chi connectivity index (χ0) is 21.2. The summed E-state index contributed by atoms with van der Waals surface area (Å²) in [6.07, 6.45) is 5.98. The van der Waals surface area contributed by atoms with Crippen LogP contribution in [-0.2, 0) is 25.9 Å². The lowest BCUT2D eigenvalue weighted by Gasteiger charge is -2.32. The van der Waals surface area contributed by atoms with Crippen molar-refractivity contribution >= 4 is 35.8 Å². The Balaban J connectivity index is 0.00000153. The van der Waals surface area contributed by atoms with E-state index >= 15 is 0 Å². The van der Waals surface area contributed by atoms with Gasteiger partial charge in [-0.15, -0.1) is 24.8 Å². The third-order valence-corrected chi connectivity index (χ3v) is 6.87. The van der Waals surface area contributed by atoms with E-state index in [1.165, 1.54) is 5.56 Å². The molecule has 1 saturated heterocycles. The molecule has 2 heterocycles. The van der Waals surface area contributed by atoms with Crippen LogP contribution >= 0.6 is 24.8 Å². The fourth-order valence-corrected chi connectivity index (χ4v) is 5.11. The lowest BCUT2D eigenvalue weighted by Crippen LogP contribution is -2.41. The van der Waals surface area contributed by atoms with E-state index in [0.717, 1.165) is 74.7 Å². The maximum absolute atomic E-state index is 12.6. The first-order chi connectivity index (χ1) is 15.2. The van der Waals surface area contributed by atoms with E-state index in [-0.39, 0.29) is 36.2 Å². The van der Waals surface area contributed by atoms with E-state index in [1.54, 1.807) is 6.07 Å². The molecule has 1 fully saturated rings. The van der Waals surface area contributed by atoms with Crippen LogP contribution in [0.3, 0.4) is 0 Å². The number of likely N-dealkylation sites (tertiary alicyclic amines) is 1. The number of nitrogens with one attached hydrogen (secondary N) is 1. The predicted octanol–water partition coefficient (Wildman–Crippen LogP) is 4.98. The number of fused-ring (bicyclic) bond motifs is 3. The number of phenols is 1. The number of phenolic OH excluding ortho intramolecular Hbond substituents is 1. The van der Waals surface area contributed by atoms with Gasteiger partial charge in [0, 0.05) is 30.1 Å². The van der Waals surface area contributed by atoms with Crippen LogP contribution in [-0.4, -0.2) is 29.1 Å². The Morgan fingerprint density at radius 1 is 0.970 bits per heavy atom. The Morgan fingerprint density at radius 3 is 2.39 bits per heavy atom. The summed E-state index contributed by atoms with van der Waals surface area (Å²) in [5, 5.41) is 15.1. The van der Waals surface area contributed by atoms with E-state index in [9.17, 15) is 9.90 Å². The van der Waals surface area contributed by atoms with Crippen LogP contribution in [0, 0.1) is 0 Å². The lowest BCUT2D eigenvalue weighted by atomic mass is 9.90. The fraction of sp³-hybridized carbons (Fsp3) is 0.423. The van der Waals surface area contributed by atoms with Crippen LogP contribution in [0.25, 0.3) is 11.0 Å². The summed E-state index contributed by atoms with van der Waals surface area (Å²) >= 11 is 0. The van der Waals surface area contributed by atoms with Crippen molar-refractivity contribution < 1.29 is 9.52 Å². The van der Waals surface area contributed by atoms with E-state index in [4.69, 9.17) is 4.42 Å². The number of piperidine rings is 1. The molecule has 0 spiro atoms. The zero-order valence-corrected chi connectivity index (χ0v) is 20.4. The van der Waals surface area contributed by atoms with Gasteiger partial charge in [-0.1, -0.05) is 30.3 Å². The Morgan fingerprint density at radius 2 is 1.67 bits per heavy atom. The third-order valence-electron chi connectivity index (χ3n) is 6.87. The second-order valence-electron chi connectivity index (χ2n) is 8.91. The normalized spacial score (nSPS) is 16.6. The molecular formula is C26H32Cl2N2O3. The molecule has 178 valence electrons. The summed E-state index contributed by atoms with van der Waals surface area (Å²) in [5.74, 6) is 0.195. The van der Waals surface area contributed by atoms with Crippen LogP contribution in [0.1, 0.15) is 47.9 Å². The molecule has 5 nitrogen and oxygen atoms in total. The van der Waals surface area contributed by atoms with Gasteiger partial charge in [-0.05, 0) is 74.9 Å². The molecular weight excluding hydrogens is 459 g/mol. The third kappa shape index (κ3) is 5.55. The van der Waals surface area contributed by atoms with Gasteiger partial charge in [0.1, 0.15) is 11.3 Å². The monoisotopic (exact) mass is 490 g/mol. The molecule has 1 aliphatic heterocycles. The number of aryl methyl sites for hydroxylation is 1. The van der Waals surface area contributed by atoms with Crippen molar-refractivity contribution in [3.8, 4) is 5.75 Å². The second kappa shape index (κ2) is 11.4. The van der Waals surface area contributed by atoms with Gasteiger partial charge in [-0.3, -0.25) is 4.90 Å². The van der Waals surface area contributed by atoms with Crippen molar-refractivity contribution in [2.24, 2.45) is 0 Å². The Labute approximate surface area is 207 Å². The molecule has 2 N–H and O–H groups in total. The van der Waals surface area contributed by atoms with E-state index in [0.29, 0.717) is 23.7 Å². The molecule has 7 heteroatoms. The maximum atomic E-state index is 12.6. The van der Waals surface area contributed by atoms with Gasteiger partial charge in [0.25, 0.3) is 0 Å². The van der Waals surface area contributed by atoms with Crippen molar-refractivity contribution in [3.05, 3.63) is 75.1 Å². The molecule has 33 heavy (non-hydrogen) atoms. The van der Waals surface area contributed by atoms with Crippen molar-refractivity contribution in [3.63, 3.8) is 0 Å². The number of benzene rings is 2. The molecule has 1 aromatic heterocycles. The molecule has 2 aromatic carbocycles. The van der Waals surface area contributed by atoms with Gasteiger partial charge in [0.15, 0.2) is 0 Å². The summed E-state index contributed by atoms with van der Waals surface area (Å²) < 4.78 is 5.73. The first-order valence-electron chi connectivity index (χ1n) is 11.5. The Kier molecular flexibility index (Phi) is 8.82. The van der Waals surface area contributed by atoms with Crippen molar-refractivity contribution in [1.82, 2.24) is 10.2 Å². The second-order valence-corrected chi connectivity index (χ2v) is 8.91. The van der Waals surface area contributed by atoms with Crippen LogP contribution < -0.4 is 10.9 Å². The van der Waals surface area contributed by atoms with Crippen LogP contribution in [0.5, 0.6) is 5.75 Å². The molecule has 0 atom stereocenters. The first kappa shape index (κ1) is 25.6. The summed E-state index contributed by atoms with van der Waals surface area (Å²) in [6.45, 7) is 3.61. The summed E-state index contributed by atoms with van der Waals surface area (Å²) in [6, 6.07) is 14.7. The smallest absolute Gasteiger partial charge is 0.339 e. The Hall–Kier alpha value is -2.05. The first-order valence-corrected chi connectivity index (χ1v) is 11.5. The van der Waals surface area contributed by atoms with Gasteiger partial charge in [0.2, 0.25) is 0 Å². The highest BCUT2D eigenvalue weighted by Gasteiger charge is 2.23. The lowest BCUT2D eigenvalue weighted by molar-refractivity contribution is 0.190. The standard InChI is InChI=1S/C26H30N2O3.2ClH/c29-24-11-10-21-20-8-4-5-9-22(20)26(30)31-25(21)23(24)16-27-19-12-14-28(15-13-19)17-18-6-2-1-3-7-18;;/h1-3,6-7,10-11,19,27,29H,4-5,8-9,12-17H2;2*1H. The topological polar surface area (TPSA) is 65.7 Å². The van der Waals surface area contributed by atoms with E-state index < -0.39 is 0 Å². The highest BCUT2D eigenvalue weighted by molar-refractivity contribution is 5.86. The predicted molar refractivity (Wildman–Crippen MR) is 137 cm³/mol. The number of hydrogen-bond donors (Lipinski definition) is 2. The van der Waals surface area contributed by atoms with Crippen molar-refractivity contribution in [1.29, 1.82) is 0 Å². The van der Waals surface area contributed by atoms with Gasteiger partial charge in [-0.25, -0.2) is 4.79 Å². The zero-order valence-electron chi connectivity index (χ0n) is 18.7. The SMILES string of the molecule is Cl.Cl.O=c1oc2c(CNC3CCN(Cc4ccccc4)CC3)c(O)ccc2c2c1CCCC2. The minimum absolute atomic E-state index is 0. The highest BCUT2D eigenvalue weighted by atomic mass is 35.5. The quantitative estimate of drug-likeness (QED) is 0.493. The fourth-order valence-electron chi connectivity index (χ4n) is 5.11. The summed E-state index contributed by atoms with van der Waals surface area (Å²) in [5.41, 5.74) is 4.33. The molecule has 0 radical (unpaired) electrons. The number of hydrogen-bond acceptors (Lipinski definition) is 5. The molecule has 0 amide bonds. The maximum Gasteiger partial charge on any atom is 0.339 e. The average molecular weight is 491 g/mol. The van der Waals surface area contributed by atoms with Crippen LogP contribution in [0.2, 0.25) is 0 Å². The number of nitrogens with zero attached hydrogens (tertiary/aromatic N) is 1. The van der Waals surface area contributed by atoms with E-state index in [2.05, 4.69) is 40.5 Å². The van der Waals surface area contributed by atoms with Gasteiger partial charge < -0.3 is 14.8 Å². The Bertz CT molecular complexity index is 1130. The average Bonchev–Trinajstić information content (AvgIpc) is 2.80. The largest absolute Gasteiger partial charge is 0.507 e. The van der Waals surface area contributed by atoms with Gasteiger partial charge >= 0.3 is 5.63 Å². The number of halogens is 2. The van der Waals surface area contributed by atoms with Crippen molar-refractivity contribution in [2.75, 3.05) is 13.1 Å². The molecule has 0 bridgehead atoms. The molecule has 0 saturated carbocycles. The van der Waals surface area contributed by atoms with Crippen LogP contribution in [0.4, 0.5) is 0 Å². The van der Waals surface area contributed by atoms with E-state index in [1.807, 2.05) is 6.07 Å². The van der Waals surface area contributed by atoms with Gasteiger partial charge in [0.05, 0.1) is 5.56 Å².